The van der Waals surface area contributed by atoms with Crippen molar-refractivity contribution in [1.29, 1.82) is 0 Å². The fraction of sp³-hybridized carbons (Fsp3) is 0.562. The van der Waals surface area contributed by atoms with Gasteiger partial charge >= 0.3 is 0 Å². The van der Waals surface area contributed by atoms with Crippen LogP contribution in [0.5, 0.6) is 0 Å². The van der Waals surface area contributed by atoms with Crippen LogP contribution in [-0.2, 0) is 0 Å². The number of hydrogen-bond donors (Lipinski definition) is 0. The van der Waals surface area contributed by atoms with E-state index in [0.717, 1.165) is 6.42 Å². The Morgan fingerprint density at radius 2 is 2.15 bits per heavy atom. The number of allylic oxidation sites excluding steroid dienone is 3. The highest BCUT2D eigenvalue weighted by Gasteiger charge is 2.28. The average molecular weight is 272 g/mol. The van der Waals surface area contributed by atoms with Gasteiger partial charge in [0.15, 0.2) is 0 Å². The normalized spacial score (nSPS) is 20.1. The molecule has 0 amide bonds. The van der Waals surface area contributed by atoms with E-state index in [2.05, 4.69) is 49.6 Å². The van der Waals surface area contributed by atoms with E-state index in [0.29, 0.717) is 5.92 Å². The van der Waals surface area contributed by atoms with E-state index in [1.807, 2.05) is 6.21 Å². The highest BCUT2D eigenvalue weighted by Crippen LogP contribution is 2.41. The molecule has 0 unspecified atom stereocenters. The van der Waals surface area contributed by atoms with Gasteiger partial charge in [0.2, 0.25) is 0 Å². The zero-order chi connectivity index (χ0) is 14.8. The van der Waals surface area contributed by atoms with Crippen molar-refractivity contribution < 1.29 is 0 Å². The Bertz CT molecular complexity index is 535. The summed E-state index contributed by atoms with van der Waals surface area (Å²) in [6.45, 7) is 13.0. The summed E-state index contributed by atoms with van der Waals surface area (Å²) in [6, 6.07) is 0. The Morgan fingerprint density at radius 3 is 2.75 bits per heavy atom. The molecule has 1 atom stereocenters. The van der Waals surface area contributed by atoms with Gasteiger partial charge in [0.1, 0.15) is 12.7 Å². The molecule has 0 N–H and O–H groups in total. The van der Waals surface area contributed by atoms with Gasteiger partial charge in [0, 0.05) is 17.5 Å². The zero-order valence-corrected chi connectivity index (χ0v) is 12.9. The molecule has 1 aliphatic carbocycles. The molecule has 4 nitrogen and oxygen atoms in total. The van der Waals surface area contributed by atoms with Crippen molar-refractivity contribution >= 4 is 6.21 Å². The van der Waals surface area contributed by atoms with Crippen LogP contribution in [0, 0.1) is 11.3 Å². The molecule has 1 aromatic rings. The van der Waals surface area contributed by atoms with Crippen LogP contribution in [0.3, 0.4) is 0 Å². The Kier molecular flexibility index (Phi) is 4.21. The van der Waals surface area contributed by atoms with Gasteiger partial charge in [-0.2, -0.15) is 5.10 Å². The second-order valence-electron chi connectivity index (χ2n) is 6.50. The van der Waals surface area contributed by atoms with Crippen molar-refractivity contribution in [2.75, 3.05) is 0 Å². The molecule has 1 heterocycles. The first-order valence-corrected chi connectivity index (χ1v) is 7.13. The lowest BCUT2D eigenvalue weighted by Crippen LogP contribution is -2.17. The maximum Gasteiger partial charge on any atom is 0.141 e. The summed E-state index contributed by atoms with van der Waals surface area (Å²) in [6.07, 6.45) is 8.64. The molecule has 108 valence electrons. The van der Waals surface area contributed by atoms with Crippen LogP contribution in [0.25, 0.3) is 0 Å². The Labute approximate surface area is 121 Å². The molecule has 4 heteroatoms. The molecular weight excluding hydrogens is 248 g/mol. The molecule has 2 rings (SSSR count). The largest absolute Gasteiger partial charge is 0.208 e. The molecule has 0 spiro atoms. The standard InChI is InChI=1S/C16H24N4/c1-12(2)14-7-6-13(3)15(14)8-16(4,5)9-19-20-10-17-18-11-20/h9-11,14H,1,6-8H2,2-5H3/b19-9-/t14-/m0/s1. The Balaban J connectivity index is 2.11. The maximum absolute atomic E-state index is 4.40. The molecular formula is C16H24N4. The number of rotatable bonds is 5. The minimum Gasteiger partial charge on any atom is -0.208 e. The Morgan fingerprint density at radius 1 is 1.50 bits per heavy atom. The second kappa shape index (κ2) is 5.73. The van der Waals surface area contributed by atoms with E-state index < -0.39 is 0 Å². The fourth-order valence-electron chi connectivity index (χ4n) is 2.83. The van der Waals surface area contributed by atoms with Crippen LogP contribution in [0.15, 0.2) is 41.1 Å². The monoisotopic (exact) mass is 272 g/mol. The lowest BCUT2D eigenvalue weighted by Gasteiger charge is -2.24. The van der Waals surface area contributed by atoms with E-state index in [1.165, 1.54) is 24.0 Å². The van der Waals surface area contributed by atoms with E-state index >= 15 is 0 Å². The summed E-state index contributed by atoms with van der Waals surface area (Å²) in [4.78, 5) is 0. The number of aromatic nitrogens is 3. The molecule has 0 aliphatic heterocycles. The van der Waals surface area contributed by atoms with Crippen molar-refractivity contribution in [2.45, 2.75) is 47.0 Å². The first kappa shape index (κ1) is 14.7. The quantitative estimate of drug-likeness (QED) is 0.604. The zero-order valence-electron chi connectivity index (χ0n) is 12.9. The second-order valence-corrected chi connectivity index (χ2v) is 6.50. The molecule has 0 saturated carbocycles. The molecule has 1 aliphatic rings. The van der Waals surface area contributed by atoms with Gasteiger partial charge in [-0.1, -0.05) is 37.1 Å². The van der Waals surface area contributed by atoms with Crippen LogP contribution in [-0.4, -0.2) is 21.1 Å². The van der Waals surface area contributed by atoms with Crippen molar-refractivity contribution in [1.82, 2.24) is 14.9 Å². The third kappa shape index (κ3) is 3.44. The maximum atomic E-state index is 4.40. The van der Waals surface area contributed by atoms with Crippen molar-refractivity contribution in [2.24, 2.45) is 16.4 Å². The van der Waals surface area contributed by atoms with E-state index in [9.17, 15) is 0 Å². The highest BCUT2D eigenvalue weighted by molar-refractivity contribution is 5.65. The predicted molar refractivity (Wildman–Crippen MR) is 82.5 cm³/mol. The Hall–Kier alpha value is -1.71. The summed E-state index contributed by atoms with van der Waals surface area (Å²) in [5.74, 6) is 0.553. The molecule has 0 saturated heterocycles. The van der Waals surface area contributed by atoms with E-state index in [4.69, 9.17) is 0 Å². The summed E-state index contributed by atoms with van der Waals surface area (Å²) < 4.78 is 1.63. The minimum absolute atomic E-state index is 0.0128. The van der Waals surface area contributed by atoms with Gasteiger partial charge in [-0.05, 0) is 33.1 Å². The van der Waals surface area contributed by atoms with Crippen molar-refractivity contribution in [3.05, 3.63) is 36.0 Å². The third-order valence-corrected chi connectivity index (χ3v) is 3.96. The van der Waals surface area contributed by atoms with Crippen LogP contribution >= 0.6 is 0 Å². The average Bonchev–Trinajstić information content (AvgIpc) is 2.98. The van der Waals surface area contributed by atoms with Crippen molar-refractivity contribution in [3.63, 3.8) is 0 Å². The summed E-state index contributed by atoms with van der Waals surface area (Å²) in [5, 5.41) is 11.9. The lowest BCUT2D eigenvalue weighted by atomic mass is 9.81. The lowest BCUT2D eigenvalue weighted by molar-refractivity contribution is 0.498. The molecule has 1 aromatic heterocycles. The SMILES string of the molecule is C=C(C)[C@@H]1CCC(C)=C1CC(C)(C)/C=N\n1cnnc1. The van der Waals surface area contributed by atoms with Gasteiger partial charge in [-0.25, -0.2) is 4.68 Å². The van der Waals surface area contributed by atoms with E-state index in [1.54, 1.807) is 22.9 Å². The molecule has 0 radical (unpaired) electrons. The fourth-order valence-corrected chi connectivity index (χ4v) is 2.83. The van der Waals surface area contributed by atoms with E-state index in [-0.39, 0.29) is 5.41 Å². The molecule has 20 heavy (non-hydrogen) atoms. The highest BCUT2D eigenvalue weighted by atomic mass is 15.4. The van der Waals surface area contributed by atoms with Crippen LogP contribution in [0.2, 0.25) is 0 Å². The van der Waals surface area contributed by atoms with Crippen molar-refractivity contribution in [3.8, 4) is 0 Å². The summed E-state index contributed by atoms with van der Waals surface area (Å²) in [7, 11) is 0. The minimum atomic E-state index is 0.0128. The van der Waals surface area contributed by atoms with Gasteiger partial charge in [-0.3, -0.25) is 0 Å². The topological polar surface area (TPSA) is 43.1 Å². The molecule has 0 bridgehead atoms. The first-order valence-electron chi connectivity index (χ1n) is 7.13. The van der Waals surface area contributed by atoms with Gasteiger partial charge in [-0.15, -0.1) is 10.2 Å². The smallest absolute Gasteiger partial charge is 0.141 e. The van der Waals surface area contributed by atoms with Gasteiger partial charge in [0.05, 0.1) is 0 Å². The first-order chi connectivity index (χ1) is 9.39. The van der Waals surface area contributed by atoms with Gasteiger partial charge in [0.25, 0.3) is 0 Å². The summed E-state index contributed by atoms with van der Waals surface area (Å²) >= 11 is 0. The van der Waals surface area contributed by atoms with Crippen LogP contribution in [0.1, 0.15) is 47.0 Å². The van der Waals surface area contributed by atoms with Crippen LogP contribution < -0.4 is 0 Å². The van der Waals surface area contributed by atoms with Gasteiger partial charge < -0.3 is 0 Å². The molecule has 0 aromatic carbocycles. The van der Waals surface area contributed by atoms with Crippen LogP contribution in [0.4, 0.5) is 0 Å². The third-order valence-electron chi connectivity index (χ3n) is 3.96. The number of hydrogen-bond acceptors (Lipinski definition) is 3. The number of nitrogens with zero attached hydrogens (tertiary/aromatic N) is 4. The summed E-state index contributed by atoms with van der Waals surface area (Å²) in [5.41, 5.74) is 4.38. The molecule has 0 fully saturated rings. The predicted octanol–water partition coefficient (Wildman–Crippen LogP) is 3.83.